The number of ether oxygens (including phenoxy) is 3. The van der Waals surface area contributed by atoms with E-state index in [1.165, 1.54) is 20.3 Å². The van der Waals surface area contributed by atoms with Crippen LogP contribution in [-0.2, 0) is 20.7 Å². The molecule has 0 aliphatic heterocycles. The Labute approximate surface area is 128 Å². The summed E-state index contributed by atoms with van der Waals surface area (Å²) in [5.41, 5.74) is 2.56. The Morgan fingerprint density at radius 3 is 2.36 bits per heavy atom. The fraction of sp³-hybridized carbons (Fsp3) is 0.294. The number of rotatable bonds is 3. The van der Waals surface area contributed by atoms with Crippen molar-refractivity contribution in [1.82, 2.24) is 0 Å². The lowest BCUT2D eigenvalue weighted by Crippen LogP contribution is -2.23. The lowest BCUT2D eigenvalue weighted by molar-refractivity contribution is -0.117. The summed E-state index contributed by atoms with van der Waals surface area (Å²) >= 11 is 0. The quantitative estimate of drug-likeness (QED) is 0.800. The van der Waals surface area contributed by atoms with E-state index in [1.54, 1.807) is 13.2 Å². The monoisotopic (exact) mass is 300 g/mol. The van der Waals surface area contributed by atoms with Crippen molar-refractivity contribution in [3.05, 3.63) is 40.7 Å². The van der Waals surface area contributed by atoms with Crippen LogP contribution in [0.5, 0.6) is 11.5 Å². The van der Waals surface area contributed by atoms with Crippen molar-refractivity contribution in [3.63, 3.8) is 0 Å². The van der Waals surface area contributed by atoms with Gasteiger partial charge in [-0.3, -0.25) is 9.59 Å². The first-order valence-electron chi connectivity index (χ1n) is 6.93. The van der Waals surface area contributed by atoms with E-state index in [0.29, 0.717) is 41.1 Å². The van der Waals surface area contributed by atoms with Crippen molar-refractivity contribution in [2.24, 2.45) is 0 Å². The zero-order chi connectivity index (χ0) is 15.9. The third kappa shape index (κ3) is 2.01. The smallest absolute Gasteiger partial charge is 0.224 e. The molecule has 5 nitrogen and oxygen atoms in total. The molecule has 0 heterocycles. The first-order valence-corrected chi connectivity index (χ1v) is 6.93. The summed E-state index contributed by atoms with van der Waals surface area (Å²) in [4.78, 5) is 24.9. The van der Waals surface area contributed by atoms with Crippen LogP contribution in [0.25, 0.3) is 5.57 Å². The minimum Gasteiger partial charge on any atom is -0.497 e. The molecule has 0 fully saturated rings. The van der Waals surface area contributed by atoms with Crippen LogP contribution in [0.4, 0.5) is 0 Å². The van der Waals surface area contributed by atoms with Gasteiger partial charge in [0.1, 0.15) is 11.5 Å². The minimum absolute atomic E-state index is 0.0969. The maximum Gasteiger partial charge on any atom is 0.224 e. The number of hydrogen-bond donors (Lipinski definition) is 0. The highest BCUT2D eigenvalue weighted by Gasteiger charge is 2.35. The number of fused-ring (bicyclic) bond motifs is 2. The molecule has 0 N–H and O–H groups in total. The van der Waals surface area contributed by atoms with Gasteiger partial charge in [0.05, 0.1) is 21.3 Å². The molecule has 0 saturated carbocycles. The van der Waals surface area contributed by atoms with Crippen LogP contribution in [0, 0.1) is 0 Å². The Morgan fingerprint density at radius 2 is 1.73 bits per heavy atom. The number of carbonyl (C=O) groups excluding carboxylic acids is 2. The number of Topliss-reactive ketones (excluding diaryl/α,β-unsaturated/α-hetero) is 1. The molecule has 0 bridgehead atoms. The lowest BCUT2D eigenvalue weighted by atomic mass is 9.78. The molecular formula is C17H16O5. The van der Waals surface area contributed by atoms with Crippen molar-refractivity contribution >= 4 is 17.1 Å². The molecule has 0 atom stereocenters. The molecule has 5 heteroatoms. The van der Waals surface area contributed by atoms with Gasteiger partial charge < -0.3 is 14.2 Å². The van der Waals surface area contributed by atoms with Gasteiger partial charge in [-0.2, -0.15) is 0 Å². The molecule has 0 spiro atoms. The van der Waals surface area contributed by atoms with Gasteiger partial charge in [0.15, 0.2) is 11.5 Å². The molecule has 0 radical (unpaired) electrons. The zero-order valence-corrected chi connectivity index (χ0v) is 12.7. The summed E-state index contributed by atoms with van der Waals surface area (Å²) in [7, 11) is 4.51. The second kappa shape index (κ2) is 5.33. The summed E-state index contributed by atoms with van der Waals surface area (Å²) in [5, 5.41) is 0. The van der Waals surface area contributed by atoms with E-state index in [9.17, 15) is 9.59 Å². The number of methoxy groups -OCH3 is 3. The van der Waals surface area contributed by atoms with E-state index in [0.717, 1.165) is 5.56 Å². The average Bonchev–Trinajstić information content (AvgIpc) is 2.55. The summed E-state index contributed by atoms with van der Waals surface area (Å²) in [6.07, 6.45) is 2.40. The van der Waals surface area contributed by atoms with Gasteiger partial charge >= 0.3 is 0 Å². The summed E-state index contributed by atoms with van der Waals surface area (Å²) in [6, 6.07) is 3.61. The van der Waals surface area contributed by atoms with Gasteiger partial charge in [0, 0.05) is 28.9 Å². The number of aryl methyl sites for hydroxylation is 1. The molecule has 1 aromatic carbocycles. The van der Waals surface area contributed by atoms with Crippen molar-refractivity contribution in [1.29, 1.82) is 0 Å². The van der Waals surface area contributed by atoms with Gasteiger partial charge in [-0.15, -0.1) is 0 Å². The highest BCUT2D eigenvalue weighted by atomic mass is 16.5. The van der Waals surface area contributed by atoms with E-state index in [-0.39, 0.29) is 17.3 Å². The highest BCUT2D eigenvalue weighted by molar-refractivity contribution is 6.37. The van der Waals surface area contributed by atoms with E-state index in [2.05, 4.69) is 0 Å². The second-order valence-electron chi connectivity index (χ2n) is 5.12. The molecule has 0 saturated heterocycles. The van der Waals surface area contributed by atoms with Crippen molar-refractivity contribution in [3.8, 4) is 11.5 Å². The zero-order valence-electron chi connectivity index (χ0n) is 12.7. The number of hydrogen-bond acceptors (Lipinski definition) is 5. The number of allylic oxidation sites excluding steroid dienone is 3. The standard InChI is InChI=1S/C17H16O5/c1-20-10-6-9-4-5-11-16(15(9)13(7-10)21-2)12(18)8-14(22-3)17(11)19/h6-8H,4-5H2,1-3H3. The Kier molecular flexibility index (Phi) is 3.48. The van der Waals surface area contributed by atoms with Crippen LogP contribution in [-0.4, -0.2) is 32.9 Å². The van der Waals surface area contributed by atoms with Gasteiger partial charge in [0.25, 0.3) is 0 Å². The molecule has 114 valence electrons. The molecular weight excluding hydrogens is 284 g/mol. The summed E-state index contributed by atoms with van der Waals surface area (Å²) in [6.45, 7) is 0. The fourth-order valence-electron chi connectivity index (χ4n) is 3.00. The molecule has 3 rings (SSSR count). The van der Waals surface area contributed by atoms with Crippen LogP contribution in [0.15, 0.2) is 29.5 Å². The van der Waals surface area contributed by atoms with Crippen LogP contribution in [0.3, 0.4) is 0 Å². The van der Waals surface area contributed by atoms with Crippen molar-refractivity contribution < 1.29 is 23.8 Å². The van der Waals surface area contributed by atoms with Crippen LogP contribution in [0.1, 0.15) is 17.5 Å². The van der Waals surface area contributed by atoms with Crippen molar-refractivity contribution in [2.75, 3.05) is 21.3 Å². The maximum absolute atomic E-state index is 12.5. The normalized spacial score (nSPS) is 16.8. The van der Waals surface area contributed by atoms with E-state index >= 15 is 0 Å². The molecule has 0 amide bonds. The predicted octanol–water partition coefficient (Wildman–Crippen LogP) is 2.09. The topological polar surface area (TPSA) is 61.8 Å². The number of carbonyl (C=O) groups is 2. The summed E-state index contributed by atoms with van der Waals surface area (Å²) in [5.74, 6) is 0.857. The van der Waals surface area contributed by atoms with E-state index in [4.69, 9.17) is 14.2 Å². The lowest BCUT2D eigenvalue weighted by Gasteiger charge is -2.26. The first-order chi connectivity index (χ1) is 10.6. The molecule has 2 aliphatic rings. The fourth-order valence-corrected chi connectivity index (χ4v) is 3.00. The Morgan fingerprint density at radius 1 is 0.955 bits per heavy atom. The average molecular weight is 300 g/mol. The van der Waals surface area contributed by atoms with Crippen LogP contribution >= 0.6 is 0 Å². The SMILES string of the molecule is COC1=CC(=O)C2=C(CCc3cc(OC)cc(OC)c32)C1=O. The third-order valence-electron chi connectivity index (χ3n) is 4.04. The molecule has 1 aromatic rings. The summed E-state index contributed by atoms with van der Waals surface area (Å²) < 4.78 is 15.7. The predicted molar refractivity (Wildman–Crippen MR) is 79.9 cm³/mol. The molecule has 0 aromatic heterocycles. The molecule has 2 aliphatic carbocycles. The van der Waals surface area contributed by atoms with E-state index in [1.807, 2.05) is 6.07 Å². The Hall–Kier alpha value is -2.56. The van der Waals surface area contributed by atoms with Gasteiger partial charge in [-0.25, -0.2) is 0 Å². The molecule has 0 unspecified atom stereocenters. The second-order valence-corrected chi connectivity index (χ2v) is 5.12. The third-order valence-corrected chi connectivity index (χ3v) is 4.04. The van der Waals surface area contributed by atoms with Gasteiger partial charge in [-0.05, 0) is 24.5 Å². The van der Waals surface area contributed by atoms with Gasteiger partial charge in [0.2, 0.25) is 5.78 Å². The number of benzene rings is 1. The first kappa shape index (κ1) is 14.4. The largest absolute Gasteiger partial charge is 0.497 e. The highest BCUT2D eigenvalue weighted by Crippen LogP contribution is 2.43. The van der Waals surface area contributed by atoms with Crippen molar-refractivity contribution in [2.45, 2.75) is 12.8 Å². The van der Waals surface area contributed by atoms with Crippen LogP contribution in [0.2, 0.25) is 0 Å². The Balaban J connectivity index is 2.23. The molecule has 22 heavy (non-hydrogen) atoms. The minimum atomic E-state index is -0.226. The Bertz CT molecular complexity index is 740. The van der Waals surface area contributed by atoms with E-state index < -0.39 is 0 Å². The van der Waals surface area contributed by atoms with Crippen LogP contribution < -0.4 is 9.47 Å². The maximum atomic E-state index is 12.5. The number of ketones is 2. The van der Waals surface area contributed by atoms with Gasteiger partial charge in [-0.1, -0.05) is 0 Å².